The number of nitrogens with zero attached hydrogens (tertiary/aromatic N) is 1. The second kappa shape index (κ2) is 6.76. The summed E-state index contributed by atoms with van der Waals surface area (Å²) in [6.07, 6.45) is 1.38. The second-order valence-corrected chi connectivity index (χ2v) is 5.34. The Morgan fingerprint density at radius 2 is 2.00 bits per heavy atom. The van der Waals surface area contributed by atoms with E-state index in [1.807, 2.05) is 6.92 Å². The van der Waals surface area contributed by atoms with E-state index in [9.17, 15) is 14.3 Å². The number of halogens is 1. The highest BCUT2D eigenvalue weighted by Crippen LogP contribution is 2.32. The van der Waals surface area contributed by atoms with Crippen LogP contribution in [0.4, 0.5) is 4.39 Å². The molecule has 2 aromatic carbocycles. The Bertz CT molecular complexity index is 956. The van der Waals surface area contributed by atoms with Crippen LogP contribution in [0.2, 0.25) is 0 Å². The van der Waals surface area contributed by atoms with Crippen molar-refractivity contribution in [3.05, 3.63) is 59.5 Å². The summed E-state index contributed by atoms with van der Waals surface area (Å²) in [6, 6.07) is 8.31. The van der Waals surface area contributed by atoms with Crippen molar-refractivity contribution in [3.63, 3.8) is 0 Å². The van der Waals surface area contributed by atoms with Crippen molar-refractivity contribution < 1.29 is 23.8 Å². The van der Waals surface area contributed by atoms with Gasteiger partial charge in [-0.1, -0.05) is 0 Å². The van der Waals surface area contributed by atoms with Crippen molar-refractivity contribution in [1.82, 2.24) is 4.98 Å². The van der Waals surface area contributed by atoms with Crippen LogP contribution in [0, 0.1) is 5.82 Å². The summed E-state index contributed by atoms with van der Waals surface area (Å²) in [4.78, 5) is 16.8. The van der Waals surface area contributed by atoms with Gasteiger partial charge in [0.2, 0.25) is 0 Å². The number of ether oxygens (including phenoxy) is 2. The van der Waals surface area contributed by atoms with Crippen molar-refractivity contribution in [3.8, 4) is 17.2 Å². The van der Waals surface area contributed by atoms with Crippen LogP contribution in [-0.2, 0) is 0 Å². The number of phenols is 1. The molecule has 0 saturated carbocycles. The number of hydrogen-bond acceptors (Lipinski definition) is 5. The molecule has 6 heteroatoms. The molecule has 5 nitrogen and oxygen atoms in total. The smallest absolute Gasteiger partial charge is 0.198 e. The van der Waals surface area contributed by atoms with Gasteiger partial charge in [-0.3, -0.25) is 9.78 Å². The van der Waals surface area contributed by atoms with E-state index in [2.05, 4.69) is 4.98 Å². The average molecular weight is 341 g/mol. The van der Waals surface area contributed by atoms with Gasteiger partial charge in [-0.15, -0.1) is 0 Å². The number of methoxy groups -OCH3 is 1. The summed E-state index contributed by atoms with van der Waals surface area (Å²) < 4.78 is 24.2. The van der Waals surface area contributed by atoms with Crippen LogP contribution in [-0.4, -0.2) is 29.6 Å². The predicted molar refractivity (Wildman–Crippen MR) is 91.0 cm³/mol. The van der Waals surface area contributed by atoms with Gasteiger partial charge in [0.15, 0.2) is 17.3 Å². The summed E-state index contributed by atoms with van der Waals surface area (Å²) in [7, 11) is 1.54. The third kappa shape index (κ3) is 3.24. The van der Waals surface area contributed by atoms with Crippen LogP contribution >= 0.6 is 0 Å². The summed E-state index contributed by atoms with van der Waals surface area (Å²) in [5, 5.41) is 10.5. The molecule has 0 saturated heterocycles. The number of carbonyl (C=O) groups is 1. The standard InChI is InChI=1S/C19H16FNO4/c1-3-25-18-7-11-6-12(10-21-15(11)9-17(18)24-2)19(23)14-8-13(20)4-5-16(14)22/h4-10,22H,3H2,1-2H3. The minimum atomic E-state index is -0.599. The van der Waals surface area contributed by atoms with E-state index in [0.29, 0.717) is 29.0 Å². The topological polar surface area (TPSA) is 68.7 Å². The molecule has 0 fully saturated rings. The van der Waals surface area contributed by atoms with E-state index in [0.717, 1.165) is 18.2 Å². The van der Waals surface area contributed by atoms with Gasteiger partial charge in [-0.05, 0) is 37.3 Å². The normalized spacial score (nSPS) is 10.7. The summed E-state index contributed by atoms with van der Waals surface area (Å²) in [6.45, 7) is 2.32. The molecule has 3 rings (SSSR count). The molecule has 0 amide bonds. The molecule has 0 aliphatic carbocycles. The monoisotopic (exact) mass is 341 g/mol. The molecular weight excluding hydrogens is 325 g/mol. The predicted octanol–water partition coefficient (Wildman–Crippen LogP) is 3.72. The first-order chi connectivity index (χ1) is 12.0. The molecule has 128 valence electrons. The van der Waals surface area contributed by atoms with E-state index in [1.165, 1.54) is 13.3 Å². The van der Waals surface area contributed by atoms with Crippen LogP contribution < -0.4 is 9.47 Å². The average Bonchev–Trinajstić information content (AvgIpc) is 2.62. The van der Waals surface area contributed by atoms with Crippen LogP contribution in [0.15, 0.2) is 42.6 Å². The quantitative estimate of drug-likeness (QED) is 0.716. The highest BCUT2D eigenvalue weighted by molar-refractivity contribution is 6.11. The first-order valence-corrected chi connectivity index (χ1v) is 7.67. The van der Waals surface area contributed by atoms with Gasteiger partial charge in [-0.2, -0.15) is 0 Å². The molecule has 0 spiro atoms. The number of rotatable bonds is 5. The highest BCUT2D eigenvalue weighted by atomic mass is 19.1. The molecular formula is C19H16FNO4. The highest BCUT2D eigenvalue weighted by Gasteiger charge is 2.16. The number of aromatic nitrogens is 1. The fourth-order valence-electron chi connectivity index (χ4n) is 2.53. The van der Waals surface area contributed by atoms with Gasteiger partial charge in [-0.25, -0.2) is 4.39 Å². The van der Waals surface area contributed by atoms with Crippen LogP contribution in [0.25, 0.3) is 10.9 Å². The SMILES string of the molecule is CCOc1cc2cc(C(=O)c3cc(F)ccc3O)cnc2cc1OC. The number of hydrogen-bond donors (Lipinski definition) is 1. The lowest BCUT2D eigenvalue weighted by atomic mass is 10.0. The zero-order valence-electron chi connectivity index (χ0n) is 13.7. The number of aromatic hydroxyl groups is 1. The Hall–Kier alpha value is -3.15. The van der Waals surface area contributed by atoms with Gasteiger partial charge in [0.25, 0.3) is 0 Å². The summed E-state index contributed by atoms with van der Waals surface area (Å²) >= 11 is 0. The maximum Gasteiger partial charge on any atom is 0.198 e. The third-order valence-corrected chi connectivity index (χ3v) is 3.73. The Morgan fingerprint density at radius 1 is 1.20 bits per heavy atom. The van der Waals surface area contributed by atoms with Gasteiger partial charge in [0.05, 0.1) is 24.8 Å². The molecule has 1 N–H and O–H groups in total. The number of ketones is 1. The molecule has 0 atom stereocenters. The third-order valence-electron chi connectivity index (χ3n) is 3.73. The molecule has 1 heterocycles. The lowest BCUT2D eigenvalue weighted by Gasteiger charge is -2.11. The van der Waals surface area contributed by atoms with E-state index in [1.54, 1.807) is 18.2 Å². The fourth-order valence-corrected chi connectivity index (χ4v) is 2.53. The van der Waals surface area contributed by atoms with Crippen LogP contribution in [0.5, 0.6) is 17.2 Å². The van der Waals surface area contributed by atoms with Crippen molar-refractivity contribution in [2.45, 2.75) is 6.92 Å². The van der Waals surface area contributed by atoms with E-state index < -0.39 is 11.6 Å². The van der Waals surface area contributed by atoms with Gasteiger partial charge in [0.1, 0.15) is 11.6 Å². The van der Waals surface area contributed by atoms with Crippen molar-refractivity contribution in [1.29, 1.82) is 0 Å². The van der Waals surface area contributed by atoms with Crippen LogP contribution in [0.3, 0.4) is 0 Å². The zero-order valence-corrected chi connectivity index (χ0v) is 13.7. The zero-order chi connectivity index (χ0) is 18.0. The molecule has 0 aliphatic rings. The first kappa shape index (κ1) is 16.7. The van der Waals surface area contributed by atoms with Gasteiger partial charge >= 0.3 is 0 Å². The Morgan fingerprint density at radius 3 is 2.72 bits per heavy atom. The van der Waals surface area contributed by atoms with Crippen molar-refractivity contribution in [2.24, 2.45) is 0 Å². The number of benzene rings is 2. The Balaban J connectivity index is 2.08. The van der Waals surface area contributed by atoms with E-state index in [-0.39, 0.29) is 16.9 Å². The molecule has 0 radical (unpaired) electrons. The minimum Gasteiger partial charge on any atom is -0.507 e. The molecule has 0 bridgehead atoms. The lowest BCUT2D eigenvalue weighted by molar-refractivity contribution is 0.103. The summed E-state index contributed by atoms with van der Waals surface area (Å²) in [5.41, 5.74) is 0.751. The number of pyridine rings is 1. The molecule has 3 aromatic rings. The maximum atomic E-state index is 13.4. The van der Waals surface area contributed by atoms with Gasteiger partial charge in [0, 0.05) is 23.2 Å². The number of carbonyl (C=O) groups excluding carboxylic acids is 1. The van der Waals surface area contributed by atoms with E-state index in [4.69, 9.17) is 9.47 Å². The molecule has 25 heavy (non-hydrogen) atoms. The first-order valence-electron chi connectivity index (χ1n) is 7.67. The molecule has 0 unspecified atom stereocenters. The largest absolute Gasteiger partial charge is 0.507 e. The number of phenolic OH excluding ortho intramolecular Hbond substituents is 1. The minimum absolute atomic E-state index is 0.111. The lowest BCUT2D eigenvalue weighted by Crippen LogP contribution is -2.03. The fraction of sp³-hybridized carbons (Fsp3) is 0.158. The van der Waals surface area contributed by atoms with Gasteiger partial charge < -0.3 is 14.6 Å². The van der Waals surface area contributed by atoms with Crippen LogP contribution in [0.1, 0.15) is 22.8 Å². The Labute approximate surface area is 143 Å². The van der Waals surface area contributed by atoms with Crippen molar-refractivity contribution in [2.75, 3.05) is 13.7 Å². The molecule has 1 aromatic heterocycles. The summed E-state index contributed by atoms with van der Waals surface area (Å²) in [5.74, 6) is -0.309. The van der Waals surface area contributed by atoms with Crippen molar-refractivity contribution >= 4 is 16.7 Å². The van der Waals surface area contributed by atoms with E-state index >= 15 is 0 Å². The second-order valence-electron chi connectivity index (χ2n) is 5.34. The molecule has 0 aliphatic heterocycles. The number of fused-ring (bicyclic) bond motifs is 1. The Kier molecular flexibility index (Phi) is 4.52. The maximum absolute atomic E-state index is 13.4.